The number of carbonyl (C=O) groups is 1. The van der Waals surface area contributed by atoms with Crippen LogP contribution in [0.1, 0.15) is 17.0 Å². The predicted molar refractivity (Wildman–Crippen MR) is 131 cm³/mol. The van der Waals surface area contributed by atoms with Crippen LogP contribution in [0.2, 0.25) is 0 Å². The molecule has 0 unspecified atom stereocenters. The van der Waals surface area contributed by atoms with E-state index in [2.05, 4.69) is 9.97 Å². The van der Waals surface area contributed by atoms with Crippen molar-refractivity contribution in [2.45, 2.75) is 13.1 Å². The van der Waals surface area contributed by atoms with Gasteiger partial charge in [0, 0.05) is 12.6 Å². The Morgan fingerprint density at radius 2 is 1.78 bits per heavy atom. The number of nitrogens with one attached hydrogen (secondary N) is 1. The van der Waals surface area contributed by atoms with Gasteiger partial charge in [-0.25, -0.2) is 4.98 Å². The standard InChI is InChI=1S/C26H20N4O6/c31-25(11-10-18-12-22-23(36-16-35-22)13-21(18)30(33)34)29(14-17-6-2-1-3-7-17)15-24-27-20-9-5-4-8-19(20)26(32)28-24/h1-13H,14-16H2,(H,27,28,32)/b11-10-. The van der Waals surface area contributed by atoms with Crippen molar-refractivity contribution in [2.75, 3.05) is 6.79 Å². The Morgan fingerprint density at radius 1 is 1.06 bits per heavy atom. The number of benzene rings is 3. The summed E-state index contributed by atoms with van der Waals surface area (Å²) < 4.78 is 10.5. The fraction of sp³-hybridized carbons (Fsp3) is 0.115. The molecule has 0 saturated carbocycles. The Bertz CT molecular complexity index is 1550. The molecule has 1 aliphatic rings. The van der Waals surface area contributed by atoms with Crippen LogP contribution in [-0.4, -0.2) is 32.5 Å². The van der Waals surface area contributed by atoms with Crippen LogP contribution in [0.3, 0.4) is 0 Å². The van der Waals surface area contributed by atoms with E-state index in [-0.39, 0.29) is 42.4 Å². The fourth-order valence-electron chi connectivity index (χ4n) is 3.91. The lowest BCUT2D eigenvalue weighted by atomic mass is 10.1. The van der Waals surface area contributed by atoms with Gasteiger partial charge in [0.1, 0.15) is 5.82 Å². The molecule has 0 fully saturated rings. The number of amides is 1. The molecule has 2 heterocycles. The van der Waals surface area contributed by atoms with Gasteiger partial charge in [-0.05, 0) is 29.8 Å². The van der Waals surface area contributed by atoms with Crippen LogP contribution in [0.4, 0.5) is 5.69 Å². The van der Waals surface area contributed by atoms with E-state index in [0.717, 1.165) is 5.56 Å². The summed E-state index contributed by atoms with van der Waals surface area (Å²) in [5.41, 5.74) is 1.09. The predicted octanol–water partition coefficient (Wildman–Crippen LogP) is 3.80. The van der Waals surface area contributed by atoms with Crippen LogP contribution < -0.4 is 15.0 Å². The molecule has 10 heteroatoms. The Labute approximate surface area is 204 Å². The third kappa shape index (κ3) is 4.78. The summed E-state index contributed by atoms with van der Waals surface area (Å²) in [7, 11) is 0. The summed E-state index contributed by atoms with van der Waals surface area (Å²) in [5, 5.41) is 12.0. The first-order chi connectivity index (χ1) is 17.5. The van der Waals surface area contributed by atoms with Crippen LogP contribution in [0, 0.1) is 10.1 Å². The van der Waals surface area contributed by atoms with E-state index in [1.54, 1.807) is 24.3 Å². The Morgan fingerprint density at radius 3 is 2.56 bits per heavy atom. The number of nitro benzene ring substituents is 1. The number of fused-ring (bicyclic) bond motifs is 2. The van der Waals surface area contributed by atoms with E-state index < -0.39 is 10.8 Å². The van der Waals surface area contributed by atoms with Crippen molar-refractivity contribution in [3.8, 4) is 11.5 Å². The molecule has 3 aromatic carbocycles. The number of aromatic amines is 1. The Kier molecular flexibility index (Phi) is 6.14. The van der Waals surface area contributed by atoms with Crippen molar-refractivity contribution < 1.29 is 19.2 Å². The van der Waals surface area contributed by atoms with Gasteiger partial charge >= 0.3 is 0 Å². The van der Waals surface area contributed by atoms with Gasteiger partial charge in [0.2, 0.25) is 12.7 Å². The molecule has 36 heavy (non-hydrogen) atoms. The molecular weight excluding hydrogens is 464 g/mol. The summed E-state index contributed by atoms with van der Waals surface area (Å²) in [6.07, 6.45) is 2.63. The second-order valence-electron chi connectivity index (χ2n) is 8.06. The summed E-state index contributed by atoms with van der Waals surface area (Å²) in [5.74, 6) is 0.557. The largest absolute Gasteiger partial charge is 0.454 e. The van der Waals surface area contributed by atoms with Gasteiger partial charge in [0.05, 0.1) is 34.0 Å². The summed E-state index contributed by atoms with van der Waals surface area (Å²) in [6.45, 7) is 0.242. The molecule has 1 N–H and O–H groups in total. The monoisotopic (exact) mass is 484 g/mol. The third-order valence-corrected chi connectivity index (χ3v) is 5.65. The highest BCUT2D eigenvalue weighted by atomic mass is 16.7. The van der Waals surface area contributed by atoms with Crippen molar-refractivity contribution in [2.24, 2.45) is 0 Å². The average molecular weight is 484 g/mol. The number of rotatable bonds is 7. The highest BCUT2D eigenvalue weighted by Crippen LogP contribution is 2.38. The lowest BCUT2D eigenvalue weighted by molar-refractivity contribution is -0.385. The van der Waals surface area contributed by atoms with Gasteiger partial charge in [-0.1, -0.05) is 42.5 Å². The lowest BCUT2D eigenvalue weighted by Crippen LogP contribution is -2.30. The van der Waals surface area contributed by atoms with Gasteiger partial charge in [-0.2, -0.15) is 0 Å². The molecule has 1 aliphatic heterocycles. The first-order valence-corrected chi connectivity index (χ1v) is 11.0. The maximum absolute atomic E-state index is 13.3. The van der Waals surface area contributed by atoms with Crippen molar-refractivity contribution in [3.05, 3.63) is 110 Å². The molecule has 0 atom stereocenters. The van der Waals surface area contributed by atoms with Crippen molar-refractivity contribution >= 4 is 28.6 Å². The number of para-hydroxylation sites is 1. The zero-order valence-electron chi connectivity index (χ0n) is 18.9. The first-order valence-electron chi connectivity index (χ1n) is 11.0. The summed E-state index contributed by atoms with van der Waals surface area (Å²) in [6, 6.07) is 19.0. The zero-order chi connectivity index (χ0) is 25.1. The molecule has 5 rings (SSSR count). The Hall–Kier alpha value is -4.99. The van der Waals surface area contributed by atoms with Gasteiger partial charge in [0.15, 0.2) is 11.5 Å². The average Bonchev–Trinajstić information content (AvgIpc) is 3.34. The van der Waals surface area contributed by atoms with Crippen LogP contribution in [-0.2, 0) is 17.9 Å². The topological polar surface area (TPSA) is 128 Å². The van der Waals surface area contributed by atoms with Crippen LogP contribution >= 0.6 is 0 Å². The van der Waals surface area contributed by atoms with E-state index in [1.165, 1.54) is 29.2 Å². The first kappa shape index (κ1) is 22.8. The van der Waals surface area contributed by atoms with E-state index in [9.17, 15) is 19.7 Å². The fourth-order valence-corrected chi connectivity index (χ4v) is 3.91. The van der Waals surface area contributed by atoms with Crippen molar-refractivity contribution in [1.29, 1.82) is 0 Å². The molecule has 10 nitrogen and oxygen atoms in total. The number of carbonyl (C=O) groups excluding carboxylic acids is 1. The number of aromatic nitrogens is 2. The molecule has 0 aliphatic carbocycles. The molecule has 0 saturated heterocycles. The van der Waals surface area contributed by atoms with Crippen LogP contribution in [0.15, 0.2) is 77.6 Å². The number of H-pyrrole nitrogens is 1. The quantitative estimate of drug-likeness (QED) is 0.240. The van der Waals surface area contributed by atoms with Gasteiger partial charge in [-0.15, -0.1) is 0 Å². The summed E-state index contributed by atoms with van der Waals surface area (Å²) >= 11 is 0. The van der Waals surface area contributed by atoms with E-state index in [1.807, 2.05) is 30.3 Å². The van der Waals surface area contributed by atoms with Gasteiger partial charge < -0.3 is 19.4 Å². The number of nitrogens with zero attached hydrogens (tertiary/aromatic N) is 3. The zero-order valence-corrected chi connectivity index (χ0v) is 18.9. The van der Waals surface area contributed by atoms with Gasteiger partial charge in [0.25, 0.3) is 11.2 Å². The number of ether oxygens (including phenoxy) is 2. The minimum absolute atomic E-state index is 0.0274. The number of nitro groups is 1. The molecule has 1 amide bonds. The second-order valence-corrected chi connectivity index (χ2v) is 8.06. The molecule has 180 valence electrons. The normalized spacial score (nSPS) is 12.2. The maximum atomic E-state index is 13.3. The number of hydrogen-bond acceptors (Lipinski definition) is 7. The maximum Gasteiger partial charge on any atom is 0.280 e. The van der Waals surface area contributed by atoms with Crippen LogP contribution in [0.25, 0.3) is 17.0 Å². The molecule has 4 aromatic rings. The smallest absolute Gasteiger partial charge is 0.280 e. The second kappa shape index (κ2) is 9.71. The summed E-state index contributed by atoms with van der Waals surface area (Å²) in [4.78, 5) is 45.6. The molecular formula is C26H20N4O6. The minimum Gasteiger partial charge on any atom is -0.454 e. The highest BCUT2D eigenvalue weighted by molar-refractivity contribution is 5.92. The van der Waals surface area contributed by atoms with Crippen LogP contribution in [0.5, 0.6) is 11.5 Å². The molecule has 0 spiro atoms. The lowest BCUT2D eigenvalue weighted by Gasteiger charge is -2.21. The SMILES string of the molecule is O=C(/C=C\c1cc2c(cc1[N+](=O)[O-])OCO2)N(Cc1ccccc1)Cc1nc2ccccc2c(=O)[nH]1. The molecule has 0 bridgehead atoms. The van der Waals surface area contributed by atoms with Crippen molar-refractivity contribution in [3.63, 3.8) is 0 Å². The Balaban J connectivity index is 1.46. The van der Waals surface area contributed by atoms with E-state index in [4.69, 9.17) is 9.47 Å². The van der Waals surface area contributed by atoms with E-state index >= 15 is 0 Å². The number of hydrogen-bond donors (Lipinski definition) is 1. The minimum atomic E-state index is -0.544. The highest BCUT2D eigenvalue weighted by Gasteiger charge is 2.23. The third-order valence-electron chi connectivity index (χ3n) is 5.65. The van der Waals surface area contributed by atoms with Gasteiger partial charge in [-0.3, -0.25) is 19.7 Å². The molecule has 1 aromatic heterocycles. The molecule has 0 radical (unpaired) electrons. The van der Waals surface area contributed by atoms with E-state index in [0.29, 0.717) is 22.5 Å². The van der Waals surface area contributed by atoms with Crippen molar-refractivity contribution in [1.82, 2.24) is 14.9 Å².